The van der Waals surface area contributed by atoms with Gasteiger partial charge in [-0.1, -0.05) is 39.0 Å². The summed E-state index contributed by atoms with van der Waals surface area (Å²) in [7, 11) is -7.62. The Balaban J connectivity index is 1.38. The molecule has 1 aromatic carbocycles. The van der Waals surface area contributed by atoms with Crippen molar-refractivity contribution in [3.8, 4) is 0 Å². The van der Waals surface area contributed by atoms with Gasteiger partial charge in [0.25, 0.3) is 5.56 Å². The van der Waals surface area contributed by atoms with Gasteiger partial charge in [-0.15, -0.1) is 0 Å². The monoisotopic (exact) mass is 714 g/mol. The number of ether oxygens (including phenoxy) is 1. The first-order valence-electron chi connectivity index (χ1n) is 16.0. The number of hydrogen-bond donors (Lipinski definition) is 3. The Hall–Kier alpha value is -2.53. The number of aromatic nitrogens is 4. The average molecular weight is 715 g/mol. The first kappa shape index (κ1) is 36.7. The summed E-state index contributed by atoms with van der Waals surface area (Å²) in [6.07, 6.45) is -4.05. The molecule has 2 aromatic heterocycles. The first-order chi connectivity index (χ1) is 22.8. The molecule has 0 saturated carbocycles. The third-order valence-electron chi connectivity index (χ3n) is 8.81. The first-order valence-corrected chi connectivity index (χ1v) is 19.1. The molecule has 5 rings (SSSR count). The van der Waals surface area contributed by atoms with Crippen molar-refractivity contribution in [2.45, 2.75) is 70.5 Å². The van der Waals surface area contributed by atoms with Gasteiger partial charge in [-0.25, -0.2) is 13.7 Å². The van der Waals surface area contributed by atoms with Crippen LogP contribution in [0.4, 0.5) is 0 Å². The van der Waals surface area contributed by atoms with Crippen molar-refractivity contribution in [3.05, 3.63) is 63.1 Å². The van der Waals surface area contributed by atoms with Crippen LogP contribution in [0.2, 0.25) is 0 Å². The lowest BCUT2D eigenvalue weighted by Crippen LogP contribution is -2.43. The molecule has 2 saturated heterocycles. The molecule has 0 amide bonds. The van der Waals surface area contributed by atoms with Crippen LogP contribution in [0.5, 0.6) is 0 Å². The second-order valence-electron chi connectivity index (χ2n) is 11.8. The van der Waals surface area contributed by atoms with Gasteiger partial charge in [-0.05, 0) is 32.0 Å². The zero-order chi connectivity index (χ0) is 34.8. The molecule has 3 aromatic rings. The van der Waals surface area contributed by atoms with Crippen LogP contribution in [-0.2, 0) is 40.8 Å². The highest BCUT2D eigenvalue weighted by Gasteiger charge is 2.49. The number of para-hydroxylation sites is 1. The van der Waals surface area contributed by atoms with Gasteiger partial charge in [0.05, 0.1) is 24.4 Å². The Morgan fingerprint density at radius 3 is 2.50 bits per heavy atom. The molecule has 3 N–H and O–H groups in total. The van der Waals surface area contributed by atoms with Gasteiger partial charge < -0.3 is 24.4 Å². The summed E-state index contributed by atoms with van der Waals surface area (Å²) >= 11 is 0. The van der Waals surface area contributed by atoms with E-state index in [0.29, 0.717) is 38.3 Å². The molecule has 17 nitrogen and oxygen atoms in total. The fraction of sp³-hybridized carbons (Fsp3) is 0.621. The van der Waals surface area contributed by atoms with E-state index in [0.717, 1.165) is 32.3 Å². The van der Waals surface area contributed by atoms with Crippen molar-refractivity contribution in [3.63, 3.8) is 0 Å². The number of benzene rings is 1. The molecular weight excluding hydrogens is 670 g/mol. The van der Waals surface area contributed by atoms with Gasteiger partial charge in [0.15, 0.2) is 6.23 Å². The average Bonchev–Trinajstić information content (AvgIpc) is 3.52. The maximum absolute atomic E-state index is 14.4. The number of rotatable bonds is 9. The second kappa shape index (κ2) is 15.2. The molecule has 0 spiro atoms. The molecule has 2 fully saturated rings. The van der Waals surface area contributed by atoms with E-state index in [1.165, 1.54) is 0 Å². The summed E-state index contributed by atoms with van der Waals surface area (Å²) in [5.41, 5.74) is -0.135. The predicted molar refractivity (Wildman–Crippen MR) is 174 cm³/mol. The van der Waals surface area contributed by atoms with Crippen molar-refractivity contribution in [1.82, 2.24) is 28.7 Å². The van der Waals surface area contributed by atoms with Crippen LogP contribution in [0, 0.1) is 0 Å². The number of phosphoric ester groups is 1. The van der Waals surface area contributed by atoms with Crippen LogP contribution in [0.15, 0.2) is 46.1 Å². The standard InChI is InChI=1S/C29H44N6O11P2/c1-5-25-33(7-3)15-10-14-32(6-2)19-44-48(41,42)46-47(25,40)43-18-23-26(37)27(38)28(45-23)34-16-13-24(36)35(29(34)39)17-21-20-11-8-9-12-22(20)31(4)30-21/h8-9,11-13,16,23,25-28,37-38H,5-7,10,14-15,17-19H2,1-4H3,(H,41,42)/t23?,25-,26?,27-,28?,47?/m0/s1. The van der Waals surface area contributed by atoms with E-state index in [1.54, 1.807) is 18.7 Å². The van der Waals surface area contributed by atoms with Crippen LogP contribution < -0.4 is 11.2 Å². The minimum absolute atomic E-state index is 0.163. The van der Waals surface area contributed by atoms with Gasteiger partial charge in [0.1, 0.15) is 30.8 Å². The third kappa shape index (κ3) is 7.62. The Labute approximate surface area is 277 Å². The Kier molecular flexibility index (Phi) is 11.6. The number of aliphatic hydroxyl groups excluding tert-OH is 2. The van der Waals surface area contributed by atoms with Crippen LogP contribution in [-0.4, -0.2) is 107 Å². The minimum atomic E-state index is -4.89. The number of hydrogen-bond acceptors (Lipinski definition) is 13. The Morgan fingerprint density at radius 2 is 1.79 bits per heavy atom. The maximum Gasteiger partial charge on any atom is 0.480 e. The summed E-state index contributed by atoms with van der Waals surface area (Å²) in [5, 5.41) is 27.1. The molecule has 4 heterocycles. The van der Waals surface area contributed by atoms with Gasteiger partial charge in [0.2, 0.25) is 0 Å². The van der Waals surface area contributed by atoms with Crippen LogP contribution in [0.3, 0.4) is 0 Å². The molecule has 7 atom stereocenters. The van der Waals surface area contributed by atoms with Gasteiger partial charge in [-0.2, -0.15) is 5.10 Å². The highest BCUT2D eigenvalue weighted by atomic mass is 31.3. The molecule has 19 heteroatoms. The maximum atomic E-state index is 14.4. The van der Waals surface area contributed by atoms with Crippen LogP contribution in [0.25, 0.3) is 10.9 Å². The van der Waals surface area contributed by atoms with Crippen molar-refractivity contribution < 1.29 is 42.3 Å². The normalized spacial score (nSPS) is 31.3. The fourth-order valence-corrected chi connectivity index (χ4v) is 10.1. The molecule has 266 valence electrons. The zero-order valence-corrected chi connectivity index (χ0v) is 29.2. The summed E-state index contributed by atoms with van der Waals surface area (Å²) in [6.45, 7) is 6.52. The quantitative estimate of drug-likeness (QED) is 0.270. The number of nitrogens with zero attached hydrogens (tertiary/aromatic N) is 6. The van der Waals surface area contributed by atoms with Crippen molar-refractivity contribution in [2.75, 3.05) is 39.5 Å². The number of aryl methyl sites for hydroxylation is 1. The van der Waals surface area contributed by atoms with Gasteiger partial charge in [0, 0.05) is 37.8 Å². The molecule has 5 unspecified atom stereocenters. The van der Waals surface area contributed by atoms with Gasteiger partial charge >= 0.3 is 21.1 Å². The topological polar surface area (TPSA) is 200 Å². The molecule has 2 aliphatic heterocycles. The highest BCUT2D eigenvalue weighted by molar-refractivity contribution is 7.65. The molecule has 0 aliphatic carbocycles. The SMILES string of the molecule is CC[C@H]1N(CC)CCCN(CC)COP(=O)(O)OP1(=O)OCC1OC(n2ccc(=O)n(Cc3nn(C)c4ccccc34)c2=O)[C@@H](O)C1O. The second-order valence-corrected chi connectivity index (χ2v) is 15.6. The van der Waals surface area contributed by atoms with Crippen molar-refractivity contribution in [1.29, 1.82) is 0 Å². The lowest BCUT2D eigenvalue weighted by molar-refractivity contribution is -0.0537. The fourth-order valence-electron chi connectivity index (χ4n) is 6.20. The predicted octanol–water partition coefficient (Wildman–Crippen LogP) is 1.65. The Bertz CT molecular complexity index is 1800. The number of aliphatic hydroxyl groups is 2. The van der Waals surface area contributed by atoms with E-state index in [1.807, 2.05) is 47.9 Å². The van der Waals surface area contributed by atoms with E-state index in [2.05, 4.69) is 5.10 Å². The van der Waals surface area contributed by atoms with Crippen LogP contribution in [0.1, 0.15) is 45.5 Å². The summed E-state index contributed by atoms with van der Waals surface area (Å²) in [4.78, 5) is 40.6. The van der Waals surface area contributed by atoms with E-state index in [4.69, 9.17) is 18.1 Å². The highest BCUT2D eigenvalue weighted by Crippen LogP contribution is 2.66. The van der Waals surface area contributed by atoms with Crippen molar-refractivity contribution >= 4 is 26.3 Å². The zero-order valence-electron chi connectivity index (χ0n) is 27.4. The minimum Gasteiger partial charge on any atom is -0.387 e. The molecular formula is C29H44N6O11P2. The largest absolute Gasteiger partial charge is 0.480 e. The van der Waals surface area contributed by atoms with E-state index >= 15 is 0 Å². The van der Waals surface area contributed by atoms with E-state index < -0.39 is 63.6 Å². The van der Waals surface area contributed by atoms with Crippen LogP contribution >= 0.6 is 15.4 Å². The lowest BCUT2D eigenvalue weighted by atomic mass is 10.1. The summed E-state index contributed by atoms with van der Waals surface area (Å²) in [5.74, 6) is -0.937. The summed E-state index contributed by atoms with van der Waals surface area (Å²) < 4.78 is 53.0. The third-order valence-corrected chi connectivity index (χ3v) is 12.9. The molecule has 48 heavy (non-hydrogen) atoms. The van der Waals surface area contributed by atoms with E-state index in [9.17, 15) is 33.8 Å². The van der Waals surface area contributed by atoms with Gasteiger partial charge in [-0.3, -0.25) is 37.5 Å². The van der Waals surface area contributed by atoms with E-state index in [-0.39, 0.29) is 19.7 Å². The lowest BCUT2D eigenvalue weighted by Gasteiger charge is -2.35. The number of fused-ring (bicyclic) bond motifs is 1. The van der Waals surface area contributed by atoms with Crippen molar-refractivity contribution in [2.24, 2.45) is 7.05 Å². The molecule has 0 bridgehead atoms. The smallest absolute Gasteiger partial charge is 0.387 e. The Morgan fingerprint density at radius 1 is 1.04 bits per heavy atom. The molecule has 2 aliphatic rings. The molecule has 0 radical (unpaired) electrons. The number of phosphoric acid groups is 1. The summed E-state index contributed by atoms with van der Waals surface area (Å²) in [6, 6.07) is 8.49.